The summed E-state index contributed by atoms with van der Waals surface area (Å²) in [6.45, 7) is 0. The van der Waals surface area contributed by atoms with Crippen molar-refractivity contribution in [3.63, 3.8) is 0 Å². The van der Waals surface area contributed by atoms with E-state index in [2.05, 4.69) is 11.1 Å². The summed E-state index contributed by atoms with van der Waals surface area (Å²) in [5.74, 6) is -0.960. The van der Waals surface area contributed by atoms with Crippen LogP contribution in [0.1, 0.15) is 15.9 Å². The van der Waals surface area contributed by atoms with Gasteiger partial charge in [0.05, 0.1) is 11.1 Å². The second kappa shape index (κ2) is 4.56. The Morgan fingerprint density at radius 1 is 1.10 bits per heavy atom. The summed E-state index contributed by atoms with van der Waals surface area (Å²) >= 11 is 0. The van der Waals surface area contributed by atoms with Crippen LogP contribution < -0.4 is 0 Å². The van der Waals surface area contributed by atoms with E-state index >= 15 is 0 Å². The summed E-state index contributed by atoms with van der Waals surface area (Å²) in [5.41, 5.74) is 3.36. The van der Waals surface area contributed by atoms with E-state index in [1.807, 2.05) is 18.2 Å². The van der Waals surface area contributed by atoms with Gasteiger partial charge in [-0.3, -0.25) is 0 Å². The molecule has 0 unspecified atom stereocenters. The van der Waals surface area contributed by atoms with Crippen molar-refractivity contribution < 1.29 is 9.90 Å². The Bertz CT molecular complexity index is 839. The minimum Gasteiger partial charge on any atom is -0.478 e. The lowest BCUT2D eigenvalue weighted by Gasteiger charge is -2.06. The van der Waals surface area contributed by atoms with Crippen molar-refractivity contribution in [2.75, 3.05) is 0 Å². The van der Waals surface area contributed by atoms with Crippen LogP contribution in [-0.4, -0.2) is 16.1 Å². The van der Waals surface area contributed by atoms with Gasteiger partial charge < -0.3 is 10.1 Å². The Morgan fingerprint density at radius 3 is 2.50 bits per heavy atom. The number of hydrogen-bond acceptors (Lipinski definition) is 2. The average molecular weight is 262 g/mol. The summed E-state index contributed by atoms with van der Waals surface area (Å²) in [4.78, 5) is 13.9. The maximum Gasteiger partial charge on any atom is 0.335 e. The molecule has 3 aromatic rings. The maximum atomic E-state index is 10.9. The minimum absolute atomic E-state index is 0.231. The van der Waals surface area contributed by atoms with Gasteiger partial charge in [-0.2, -0.15) is 5.26 Å². The van der Waals surface area contributed by atoms with Gasteiger partial charge >= 0.3 is 5.97 Å². The first kappa shape index (κ1) is 12.0. The summed E-state index contributed by atoms with van der Waals surface area (Å²) in [6.07, 6.45) is 1.79. The second-order valence-electron chi connectivity index (χ2n) is 4.42. The molecule has 1 aromatic heterocycles. The van der Waals surface area contributed by atoms with Gasteiger partial charge in [0.25, 0.3) is 0 Å². The van der Waals surface area contributed by atoms with E-state index in [-0.39, 0.29) is 5.56 Å². The molecule has 2 aromatic carbocycles. The number of nitrogens with one attached hydrogen (secondary N) is 1. The third kappa shape index (κ3) is 1.82. The molecule has 0 saturated carbocycles. The molecular weight excluding hydrogens is 252 g/mol. The molecule has 0 amide bonds. The van der Waals surface area contributed by atoms with Crippen LogP contribution in [0, 0.1) is 11.3 Å². The largest absolute Gasteiger partial charge is 0.478 e. The quantitative estimate of drug-likeness (QED) is 0.743. The number of hydrogen-bond donors (Lipinski definition) is 2. The fraction of sp³-hybridized carbons (Fsp3) is 0. The number of nitrogens with zero attached hydrogens (tertiary/aromatic N) is 1. The number of H-pyrrole nitrogens is 1. The first-order valence-corrected chi connectivity index (χ1v) is 6.04. The molecule has 1 heterocycles. The van der Waals surface area contributed by atoms with Crippen molar-refractivity contribution in [2.24, 2.45) is 0 Å². The highest BCUT2D eigenvalue weighted by atomic mass is 16.4. The molecule has 0 aliphatic carbocycles. The Balaban J connectivity index is 2.19. The van der Waals surface area contributed by atoms with E-state index in [0.717, 1.165) is 22.0 Å². The van der Waals surface area contributed by atoms with Crippen molar-refractivity contribution in [2.45, 2.75) is 0 Å². The number of rotatable bonds is 2. The van der Waals surface area contributed by atoms with E-state index in [0.29, 0.717) is 5.56 Å². The molecular formula is C16H10N2O2. The van der Waals surface area contributed by atoms with Crippen LogP contribution in [0.3, 0.4) is 0 Å². The van der Waals surface area contributed by atoms with Crippen molar-refractivity contribution >= 4 is 16.9 Å². The van der Waals surface area contributed by atoms with Crippen LogP contribution in [0.15, 0.2) is 48.7 Å². The number of fused-ring (bicyclic) bond motifs is 1. The average Bonchev–Trinajstić information content (AvgIpc) is 2.94. The van der Waals surface area contributed by atoms with E-state index in [1.54, 1.807) is 30.5 Å². The summed E-state index contributed by atoms with van der Waals surface area (Å²) in [6, 6.07) is 14.4. The molecule has 4 nitrogen and oxygen atoms in total. The predicted molar refractivity (Wildman–Crippen MR) is 75.4 cm³/mol. The number of nitriles is 1. The molecule has 0 spiro atoms. The van der Waals surface area contributed by atoms with Crippen molar-refractivity contribution in [1.82, 2.24) is 4.98 Å². The molecule has 0 bridgehead atoms. The van der Waals surface area contributed by atoms with E-state index in [9.17, 15) is 10.1 Å². The van der Waals surface area contributed by atoms with Crippen LogP contribution in [-0.2, 0) is 0 Å². The number of carboxylic acid groups (broad SMARTS) is 1. The van der Waals surface area contributed by atoms with Crippen LogP contribution in [0.5, 0.6) is 0 Å². The van der Waals surface area contributed by atoms with Gasteiger partial charge in [-0.05, 0) is 29.8 Å². The maximum absolute atomic E-state index is 10.9. The molecule has 20 heavy (non-hydrogen) atoms. The summed E-state index contributed by atoms with van der Waals surface area (Å²) in [5, 5.41) is 19.2. The van der Waals surface area contributed by atoms with Gasteiger partial charge in [0.1, 0.15) is 6.07 Å². The molecule has 0 fully saturated rings. The number of aromatic amines is 1. The highest BCUT2D eigenvalue weighted by Gasteiger charge is 2.10. The molecule has 2 N–H and O–H groups in total. The smallest absolute Gasteiger partial charge is 0.335 e. The van der Waals surface area contributed by atoms with E-state index < -0.39 is 5.97 Å². The lowest BCUT2D eigenvalue weighted by molar-refractivity contribution is 0.0697. The normalized spacial score (nSPS) is 10.3. The first-order chi connectivity index (χ1) is 9.70. The SMILES string of the molecule is N#Cc1c(-c2ccc(C(=O)O)cc2)ccc2[nH]ccc12. The highest BCUT2D eigenvalue weighted by molar-refractivity contribution is 5.93. The first-order valence-electron chi connectivity index (χ1n) is 6.04. The molecule has 0 aliphatic heterocycles. The molecule has 96 valence electrons. The molecule has 0 atom stereocenters. The number of benzene rings is 2. The van der Waals surface area contributed by atoms with E-state index in [4.69, 9.17) is 5.11 Å². The monoisotopic (exact) mass is 262 g/mol. The molecule has 3 rings (SSSR count). The van der Waals surface area contributed by atoms with Gasteiger partial charge in [0.2, 0.25) is 0 Å². The Labute approximate surface area is 114 Å². The predicted octanol–water partition coefficient (Wildman–Crippen LogP) is 3.40. The molecule has 0 aliphatic rings. The van der Waals surface area contributed by atoms with Crippen molar-refractivity contribution in [3.05, 3.63) is 59.8 Å². The van der Waals surface area contributed by atoms with Gasteiger partial charge in [0.15, 0.2) is 0 Å². The summed E-state index contributed by atoms with van der Waals surface area (Å²) < 4.78 is 0. The van der Waals surface area contributed by atoms with Gasteiger partial charge in [0, 0.05) is 22.7 Å². The number of aromatic nitrogens is 1. The topological polar surface area (TPSA) is 76.9 Å². The second-order valence-corrected chi connectivity index (χ2v) is 4.42. The van der Waals surface area contributed by atoms with Gasteiger partial charge in [-0.15, -0.1) is 0 Å². The van der Waals surface area contributed by atoms with Gasteiger partial charge in [-0.25, -0.2) is 4.79 Å². The zero-order chi connectivity index (χ0) is 14.1. The fourth-order valence-corrected chi connectivity index (χ4v) is 2.29. The zero-order valence-electron chi connectivity index (χ0n) is 10.4. The highest BCUT2D eigenvalue weighted by Crippen LogP contribution is 2.29. The lowest BCUT2D eigenvalue weighted by atomic mass is 9.97. The van der Waals surface area contributed by atoms with E-state index in [1.165, 1.54) is 0 Å². The van der Waals surface area contributed by atoms with Crippen LogP contribution in [0.4, 0.5) is 0 Å². The van der Waals surface area contributed by atoms with Crippen molar-refractivity contribution in [3.8, 4) is 17.2 Å². The Hall–Kier alpha value is -3.06. The standard InChI is InChI=1S/C16H10N2O2/c17-9-14-12(5-6-15-13(14)7-8-18-15)10-1-3-11(4-2-10)16(19)20/h1-8,18H,(H,19,20). The molecule has 4 heteroatoms. The zero-order valence-corrected chi connectivity index (χ0v) is 10.4. The minimum atomic E-state index is -0.960. The number of carbonyl (C=O) groups is 1. The van der Waals surface area contributed by atoms with Crippen LogP contribution >= 0.6 is 0 Å². The number of carboxylic acids is 1. The molecule has 0 radical (unpaired) electrons. The summed E-state index contributed by atoms with van der Waals surface area (Å²) in [7, 11) is 0. The van der Waals surface area contributed by atoms with Crippen molar-refractivity contribution in [1.29, 1.82) is 5.26 Å². The van der Waals surface area contributed by atoms with Gasteiger partial charge in [-0.1, -0.05) is 18.2 Å². The van der Waals surface area contributed by atoms with Crippen LogP contribution in [0.2, 0.25) is 0 Å². The third-order valence-corrected chi connectivity index (χ3v) is 3.29. The molecule has 0 saturated heterocycles. The third-order valence-electron chi connectivity index (χ3n) is 3.29. The Morgan fingerprint density at radius 2 is 1.85 bits per heavy atom. The fourth-order valence-electron chi connectivity index (χ4n) is 2.29. The number of aromatic carboxylic acids is 1. The lowest BCUT2D eigenvalue weighted by Crippen LogP contribution is -1.95. The van der Waals surface area contributed by atoms with Crippen LogP contribution in [0.25, 0.3) is 22.0 Å². The Kier molecular flexibility index (Phi) is 2.73.